The van der Waals surface area contributed by atoms with Gasteiger partial charge in [-0.1, -0.05) is 17.7 Å². The average Bonchev–Trinajstić information content (AvgIpc) is 2.29. The lowest BCUT2D eigenvalue weighted by atomic mass is 10.2. The van der Waals surface area contributed by atoms with Crippen molar-refractivity contribution in [2.45, 2.75) is 25.3 Å². The molecule has 90 valence electrons. The molecule has 0 saturated carbocycles. The number of methoxy groups -OCH3 is 1. The van der Waals surface area contributed by atoms with Gasteiger partial charge >= 0.3 is 0 Å². The van der Waals surface area contributed by atoms with Gasteiger partial charge in [-0.3, -0.25) is 0 Å². The average molecular weight is 263 g/mol. The molecule has 0 fully saturated rings. The van der Waals surface area contributed by atoms with Gasteiger partial charge in [0.05, 0.1) is 11.1 Å². The Morgan fingerprint density at radius 2 is 2.12 bits per heavy atom. The number of hydrogen-bond donors (Lipinski definition) is 0. The van der Waals surface area contributed by atoms with Crippen LogP contribution < -0.4 is 4.74 Å². The van der Waals surface area contributed by atoms with Gasteiger partial charge in [-0.05, 0) is 24.6 Å². The molecule has 1 rings (SSSR count). The summed E-state index contributed by atoms with van der Waals surface area (Å²) in [5.74, 6) is 1.15. The highest BCUT2D eigenvalue weighted by molar-refractivity contribution is 6.32. The van der Waals surface area contributed by atoms with E-state index in [1.807, 2.05) is 25.1 Å². The van der Waals surface area contributed by atoms with E-state index in [1.165, 1.54) is 0 Å². The Hall–Kier alpha value is -0.440. The summed E-state index contributed by atoms with van der Waals surface area (Å²) in [4.78, 5) is 0. The van der Waals surface area contributed by atoms with Gasteiger partial charge in [0, 0.05) is 26.0 Å². The summed E-state index contributed by atoms with van der Waals surface area (Å²) in [5, 5.41) is 0.599. The van der Waals surface area contributed by atoms with E-state index in [-0.39, 0.29) is 6.10 Å². The molecule has 1 unspecified atom stereocenters. The van der Waals surface area contributed by atoms with Gasteiger partial charge in [0.15, 0.2) is 0 Å². The molecular formula is C12H16Cl2O2. The van der Waals surface area contributed by atoms with E-state index in [0.29, 0.717) is 23.3 Å². The van der Waals surface area contributed by atoms with Crippen molar-refractivity contribution in [3.63, 3.8) is 0 Å². The zero-order valence-corrected chi connectivity index (χ0v) is 11.0. The molecule has 2 nitrogen and oxygen atoms in total. The molecular weight excluding hydrogens is 247 g/mol. The third-order valence-electron chi connectivity index (χ3n) is 2.21. The van der Waals surface area contributed by atoms with Crippen molar-refractivity contribution in [3.05, 3.63) is 28.8 Å². The standard InChI is InChI=1S/C12H16Cl2O2/c1-9(5-6-15-2)16-12-4-3-10(8-13)7-11(12)14/h3-4,7,9H,5-6,8H2,1-2H3. The predicted octanol–water partition coefficient (Wildman–Crippen LogP) is 3.88. The summed E-state index contributed by atoms with van der Waals surface area (Å²) >= 11 is 11.8. The van der Waals surface area contributed by atoms with E-state index >= 15 is 0 Å². The Morgan fingerprint density at radius 3 is 2.69 bits per heavy atom. The predicted molar refractivity (Wildman–Crippen MR) is 67.6 cm³/mol. The SMILES string of the molecule is COCCC(C)Oc1ccc(CCl)cc1Cl. The van der Waals surface area contributed by atoms with Gasteiger partial charge in [0.2, 0.25) is 0 Å². The molecule has 0 amide bonds. The van der Waals surface area contributed by atoms with E-state index in [0.717, 1.165) is 12.0 Å². The second-order valence-corrected chi connectivity index (χ2v) is 4.28. The molecule has 1 atom stereocenters. The number of hydrogen-bond acceptors (Lipinski definition) is 2. The zero-order chi connectivity index (χ0) is 12.0. The van der Waals surface area contributed by atoms with E-state index in [1.54, 1.807) is 7.11 Å². The van der Waals surface area contributed by atoms with Crippen molar-refractivity contribution >= 4 is 23.2 Å². The first kappa shape index (κ1) is 13.6. The van der Waals surface area contributed by atoms with E-state index in [2.05, 4.69) is 0 Å². The number of alkyl halides is 1. The Balaban J connectivity index is 2.59. The maximum atomic E-state index is 6.07. The van der Waals surface area contributed by atoms with Crippen LogP contribution in [0.5, 0.6) is 5.75 Å². The van der Waals surface area contributed by atoms with Gasteiger partial charge in [0.1, 0.15) is 5.75 Å². The molecule has 16 heavy (non-hydrogen) atoms. The fourth-order valence-electron chi connectivity index (χ4n) is 1.28. The third-order valence-corrected chi connectivity index (χ3v) is 2.81. The molecule has 0 radical (unpaired) electrons. The van der Waals surface area contributed by atoms with Crippen LogP contribution in [0.2, 0.25) is 5.02 Å². The maximum absolute atomic E-state index is 6.07. The van der Waals surface area contributed by atoms with E-state index < -0.39 is 0 Å². The van der Waals surface area contributed by atoms with Crippen LogP contribution in [0.4, 0.5) is 0 Å². The smallest absolute Gasteiger partial charge is 0.138 e. The summed E-state index contributed by atoms with van der Waals surface area (Å²) < 4.78 is 10.7. The van der Waals surface area contributed by atoms with Crippen LogP contribution in [-0.2, 0) is 10.6 Å². The molecule has 1 aromatic carbocycles. The Kier molecular flexibility index (Phi) is 5.96. The Bertz CT molecular complexity index is 329. The van der Waals surface area contributed by atoms with Crippen molar-refractivity contribution in [3.8, 4) is 5.75 Å². The third kappa shape index (κ3) is 4.20. The first-order valence-corrected chi connectivity index (χ1v) is 6.08. The fraction of sp³-hybridized carbons (Fsp3) is 0.500. The van der Waals surface area contributed by atoms with Gasteiger partial charge in [-0.2, -0.15) is 0 Å². The zero-order valence-electron chi connectivity index (χ0n) is 9.50. The first-order valence-electron chi connectivity index (χ1n) is 5.17. The van der Waals surface area contributed by atoms with Crippen LogP contribution in [0.3, 0.4) is 0 Å². The first-order chi connectivity index (χ1) is 7.67. The molecule has 0 heterocycles. The highest BCUT2D eigenvalue weighted by atomic mass is 35.5. The molecule has 0 aromatic heterocycles. The molecule has 4 heteroatoms. The lowest BCUT2D eigenvalue weighted by Gasteiger charge is -2.15. The second kappa shape index (κ2) is 7.00. The van der Waals surface area contributed by atoms with E-state index in [9.17, 15) is 0 Å². The molecule has 1 aromatic rings. The van der Waals surface area contributed by atoms with Crippen molar-refractivity contribution in [1.29, 1.82) is 0 Å². The lowest BCUT2D eigenvalue weighted by molar-refractivity contribution is 0.135. The number of rotatable bonds is 6. The summed E-state index contributed by atoms with van der Waals surface area (Å²) in [6.07, 6.45) is 0.920. The minimum atomic E-state index is 0.0827. The minimum absolute atomic E-state index is 0.0827. The molecule has 0 aliphatic carbocycles. The summed E-state index contributed by atoms with van der Waals surface area (Å²) in [5.41, 5.74) is 0.989. The van der Waals surface area contributed by atoms with Crippen LogP contribution in [-0.4, -0.2) is 19.8 Å². The van der Waals surface area contributed by atoms with Gasteiger partial charge in [0.25, 0.3) is 0 Å². The Labute approximate surface area is 106 Å². The Morgan fingerprint density at radius 1 is 1.38 bits per heavy atom. The van der Waals surface area contributed by atoms with Crippen LogP contribution >= 0.6 is 23.2 Å². The van der Waals surface area contributed by atoms with Gasteiger partial charge in [-0.25, -0.2) is 0 Å². The molecule has 0 aliphatic rings. The number of ether oxygens (including phenoxy) is 2. The molecule has 0 bridgehead atoms. The second-order valence-electron chi connectivity index (χ2n) is 3.61. The van der Waals surface area contributed by atoms with Crippen LogP contribution in [0.25, 0.3) is 0 Å². The molecule has 0 spiro atoms. The monoisotopic (exact) mass is 262 g/mol. The molecule has 0 saturated heterocycles. The quantitative estimate of drug-likeness (QED) is 0.725. The number of halogens is 2. The van der Waals surface area contributed by atoms with Crippen molar-refractivity contribution < 1.29 is 9.47 Å². The lowest BCUT2D eigenvalue weighted by Crippen LogP contribution is -2.14. The topological polar surface area (TPSA) is 18.5 Å². The van der Waals surface area contributed by atoms with Crippen molar-refractivity contribution in [2.75, 3.05) is 13.7 Å². The fourth-order valence-corrected chi connectivity index (χ4v) is 1.70. The maximum Gasteiger partial charge on any atom is 0.138 e. The van der Waals surface area contributed by atoms with Crippen LogP contribution in [0.15, 0.2) is 18.2 Å². The summed E-state index contributed by atoms with van der Waals surface area (Å²) in [7, 11) is 1.68. The highest BCUT2D eigenvalue weighted by Gasteiger charge is 2.07. The highest BCUT2D eigenvalue weighted by Crippen LogP contribution is 2.27. The molecule has 0 N–H and O–H groups in total. The largest absolute Gasteiger partial charge is 0.489 e. The summed E-state index contributed by atoms with van der Waals surface area (Å²) in [6.45, 7) is 2.67. The van der Waals surface area contributed by atoms with Gasteiger partial charge in [-0.15, -0.1) is 11.6 Å². The van der Waals surface area contributed by atoms with Crippen LogP contribution in [0.1, 0.15) is 18.9 Å². The van der Waals surface area contributed by atoms with Crippen molar-refractivity contribution in [2.24, 2.45) is 0 Å². The summed E-state index contributed by atoms with van der Waals surface area (Å²) in [6, 6.07) is 5.59. The minimum Gasteiger partial charge on any atom is -0.489 e. The van der Waals surface area contributed by atoms with E-state index in [4.69, 9.17) is 32.7 Å². The van der Waals surface area contributed by atoms with Crippen LogP contribution in [0, 0.1) is 0 Å². The molecule has 0 aliphatic heterocycles. The number of benzene rings is 1. The van der Waals surface area contributed by atoms with Gasteiger partial charge < -0.3 is 9.47 Å². The van der Waals surface area contributed by atoms with Crippen molar-refractivity contribution in [1.82, 2.24) is 0 Å². The normalized spacial score (nSPS) is 12.5.